The van der Waals surface area contributed by atoms with Gasteiger partial charge in [-0.15, -0.1) is 0 Å². The molecule has 0 bridgehead atoms. The molecule has 0 aliphatic carbocycles. The number of benzene rings is 1. The summed E-state index contributed by atoms with van der Waals surface area (Å²) in [5.41, 5.74) is 4.16. The minimum Gasteiger partial charge on any atom is -1.00 e. The Morgan fingerprint density at radius 2 is 2.00 bits per heavy atom. The van der Waals surface area contributed by atoms with Crippen LogP contribution in [-0.2, 0) is 16.6 Å². The summed E-state index contributed by atoms with van der Waals surface area (Å²) in [7, 11) is 1.91. The van der Waals surface area contributed by atoms with Gasteiger partial charge in [-0.1, -0.05) is 0 Å². The summed E-state index contributed by atoms with van der Waals surface area (Å²) in [5.74, 6) is 1.79. The maximum Gasteiger partial charge on any atom is 2.00 e. The van der Waals surface area contributed by atoms with Crippen LogP contribution in [0, 0.1) is 13.8 Å². The van der Waals surface area contributed by atoms with Crippen LogP contribution in [0.2, 0.25) is 0 Å². The van der Waals surface area contributed by atoms with E-state index in [1.165, 1.54) is 0 Å². The fraction of sp³-hybridized carbons (Fsp3) is 0.294. The monoisotopic (exact) mass is 435 g/mol. The Morgan fingerprint density at radius 3 is 2.68 bits per heavy atom. The van der Waals surface area contributed by atoms with Crippen molar-refractivity contribution in [3.8, 4) is 11.5 Å². The molecule has 3 rings (SSSR count). The Hall–Kier alpha value is -0.929. The average molecular weight is 435 g/mol. The molecule has 2 aromatic heterocycles. The number of aryl methyl sites for hydroxylation is 1. The number of nitrogens with one attached hydrogen (secondary N) is 1. The largest absolute Gasteiger partial charge is 2.00 e. The van der Waals surface area contributed by atoms with E-state index in [0.29, 0.717) is 5.16 Å². The molecule has 1 aromatic carbocycles. The van der Waals surface area contributed by atoms with Gasteiger partial charge < -0.3 is 17.3 Å². The number of H-pyrrole nitrogens is 1. The van der Waals surface area contributed by atoms with Crippen LogP contribution in [0.15, 0.2) is 29.6 Å². The van der Waals surface area contributed by atoms with E-state index in [1.54, 1.807) is 20.4 Å². The van der Waals surface area contributed by atoms with Crippen LogP contribution in [0.5, 0.6) is 11.5 Å². The third-order valence-corrected chi connectivity index (χ3v) is 5.06. The van der Waals surface area contributed by atoms with Crippen LogP contribution >= 0.6 is 0 Å². The molecule has 0 aliphatic rings. The van der Waals surface area contributed by atoms with Crippen molar-refractivity contribution in [2.24, 2.45) is 0 Å². The van der Waals surface area contributed by atoms with Gasteiger partial charge in [0, 0.05) is 23.4 Å². The van der Waals surface area contributed by atoms with E-state index < -0.39 is 10.8 Å². The molecular weight excluding hydrogens is 414 g/mol. The fourth-order valence-corrected chi connectivity index (χ4v) is 3.71. The van der Waals surface area contributed by atoms with Gasteiger partial charge in [0.15, 0.2) is 5.16 Å². The van der Waals surface area contributed by atoms with Crippen molar-refractivity contribution in [1.82, 2.24) is 15.0 Å². The molecule has 1 atom stereocenters. The zero-order valence-electron chi connectivity index (χ0n) is 16.8. The molecule has 0 radical (unpaired) electrons. The molecule has 0 amide bonds. The molecule has 2 heterocycles. The minimum absolute atomic E-state index is 0. The molecule has 0 fully saturated rings. The molecule has 0 aliphatic heterocycles. The van der Waals surface area contributed by atoms with Gasteiger partial charge in [0.1, 0.15) is 11.5 Å². The second-order valence-electron chi connectivity index (χ2n) is 5.46. The van der Waals surface area contributed by atoms with Crippen molar-refractivity contribution in [1.29, 1.82) is 0 Å². The predicted octanol–water partition coefficient (Wildman–Crippen LogP) is 2.74. The second kappa shape index (κ2) is 8.64. The van der Waals surface area contributed by atoms with Crippen LogP contribution in [0.4, 0.5) is 0 Å². The van der Waals surface area contributed by atoms with E-state index >= 15 is 0 Å². The standard InChI is InChI=1S/C17H19N3O3S.Sr.2H/c1-10-8-18-15(11(2)16(10)23-4)9-24(21)17-19-13-6-5-12(22-3)7-14(13)20-17;;;/h5-8H,9H2,1-4H3,(H,19,20);;;/q;+2;2*-1. The molecule has 8 heteroatoms. The predicted molar refractivity (Wildman–Crippen MR) is 101 cm³/mol. The Labute approximate surface area is 189 Å². The van der Waals surface area contributed by atoms with Gasteiger partial charge in [-0.3, -0.25) is 9.19 Å². The fourth-order valence-electron chi connectivity index (χ4n) is 2.61. The minimum atomic E-state index is -1.33. The molecule has 130 valence electrons. The maximum absolute atomic E-state index is 12.7. The van der Waals surface area contributed by atoms with Crippen molar-refractivity contribution in [3.63, 3.8) is 0 Å². The van der Waals surface area contributed by atoms with E-state index in [9.17, 15) is 4.21 Å². The van der Waals surface area contributed by atoms with Crippen molar-refractivity contribution < 1.29 is 16.5 Å². The van der Waals surface area contributed by atoms with E-state index in [-0.39, 0.29) is 54.1 Å². The first-order valence-electron chi connectivity index (χ1n) is 7.44. The summed E-state index contributed by atoms with van der Waals surface area (Å²) < 4.78 is 23.3. The number of hydrogen-bond donors (Lipinski definition) is 1. The summed E-state index contributed by atoms with van der Waals surface area (Å²) >= 11 is 0. The Balaban J connectivity index is 0.00000225. The topological polar surface area (TPSA) is 77.1 Å². The number of nitrogens with zero attached hydrogens (tertiary/aromatic N) is 2. The maximum atomic E-state index is 12.7. The van der Waals surface area contributed by atoms with Gasteiger partial charge in [-0.25, -0.2) is 4.98 Å². The number of aromatic nitrogens is 3. The number of hydrogen-bond acceptors (Lipinski definition) is 5. The normalized spacial score (nSPS) is 11.8. The number of pyridine rings is 1. The van der Waals surface area contributed by atoms with Crippen molar-refractivity contribution >= 4 is 67.3 Å². The van der Waals surface area contributed by atoms with Gasteiger partial charge in [-0.2, -0.15) is 0 Å². The smallest absolute Gasteiger partial charge is 1.00 e. The zero-order chi connectivity index (χ0) is 17.3. The van der Waals surface area contributed by atoms with E-state index in [4.69, 9.17) is 9.47 Å². The number of rotatable bonds is 5. The van der Waals surface area contributed by atoms with Gasteiger partial charge in [0.25, 0.3) is 0 Å². The van der Waals surface area contributed by atoms with Crippen molar-refractivity contribution in [2.45, 2.75) is 24.8 Å². The first kappa shape index (κ1) is 20.4. The SMILES string of the molecule is COc1ccc2nc(S(=O)Cc3ncc(C)c(OC)c3C)[nH]c2c1.[H-].[H-].[Sr+2]. The summed E-state index contributed by atoms with van der Waals surface area (Å²) in [4.78, 5) is 11.9. The summed E-state index contributed by atoms with van der Waals surface area (Å²) in [6.45, 7) is 3.86. The van der Waals surface area contributed by atoms with E-state index in [2.05, 4.69) is 15.0 Å². The molecule has 0 spiro atoms. The third-order valence-electron chi connectivity index (χ3n) is 3.90. The van der Waals surface area contributed by atoms with E-state index in [1.807, 2.05) is 32.0 Å². The van der Waals surface area contributed by atoms with E-state index in [0.717, 1.165) is 39.4 Å². The molecular formula is C17H21N3O3SSr. The van der Waals surface area contributed by atoms with Crippen molar-refractivity contribution in [3.05, 3.63) is 41.2 Å². The Kier molecular flexibility index (Phi) is 7.04. The first-order valence-corrected chi connectivity index (χ1v) is 8.76. The molecule has 3 aromatic rings. The summed E-state index contributed by atoms with van der Waals surface area (Å²) in [6.07, 6.45) is 1.74. The number of aromatic amines is 1. The molecule has 1 unspecified atom stereocenters. The zero-order valence-corrected chi connectivity index (χ0v) is 19.0. The van der Waals surface area contributed by atoms with Gasteiger partial charge in [-0.05, 0) is 26.0 Å². The quantitative estimate of drug-likeness (QED) is 0.624. The Morgan fingerprint density at radius 1 is 1.24 bits per heavy atom. The molecule has 0 saturated carbocycles. The molecule has 6 nitrogen and oxygen atoms in total. The molecule has 25 heavy (non-hydrogen) atoms. The van der Waals surface area contributed by atoms with Crippen LogP contribution in [-0.4, -0.2) is 78.9 Å². The van der Waals surface area contributed by atoms with Gasteiger partial charge in [0.05, 0.1) is 47.5 Å². The van der Waals surface area contributed by atoms with Crippen molar-refractivity contribution in [2.75, 3.05) is 14.2 Å². The summed E-state index contributed by atoms with van der Waals surface area (Å²) in [6, 6.07) is 5.50. The number of methoxy groups -OCH3 is 2. The average Bonchev–Trinajstić information content (AvgIpc) is 3.01. The van der Waals surface area contributed by atoms with Crippen LogP contribution in [0.3, 0.4) is 0 Å². The van der Waals surface area contributed by atoms with Crippen LogP contribution in [0.25, 0.3) is 11.0 Å². The van der Waals surface area contributed by atoms with Gasteiger partial charge >= 0.3 is 45.5 Å². The molecule has 1 N–H and O–H groups in total. The van der Waals surface area contributed by atoms with Gasteiger partial charge in [0.2, 0.25) is 0 Å². The molecule has 0 saturated heterocycles. The van der Waals surface area contributed by atoms with Crippen LogP contribution < -0.4 is 9.47 Å². The first-order chi connectivity index (χ1) is 11.5. The number of ether oxygens (including phenoxy) is 2. The number of imidazole rings is 1. The summed E-state index contributed by atoms with van der Waals surface area (Å²) in [5, 5.41) is 0.430. The second-order valence-corrected chi connectivity index (χ2v) is 6.83. The number of fused-ring (bicyclic) bond motifs is 1. The van der Waals surface area contributed by atoms with Crippen LogP contribution in [0.1, 0.15) is 19.7 Å². The Bertz CT molecular complexity index is 937. The third kappa shape index (κ3) is 4.25.